The Labute approximate surface area is 187 Å². The Morgan fingerprint density at radius 1 is 0.969 bits per heavy atom. The molecule has 3 rings (SSSR count). The average Bonchev–Trinajstić information content (AvgIpc) is 3.31. The first-order chi connectivity index (χ1) is 15.6. The quantitative estimate of drug-likeness (QED) is 0.322. The molecule has 32 heavy (non-hydrogen) atoms. The number of aromatic nitrogens is 1. The van der Waals surface area contributed by atoms with Gasteiger partial charge in [-0.25, -0.2) is 4.98 Å². The number of oxazole rings is 1. The second kappa shape index (κ2) is 11.3. The lowest BCUT2D eigenvalue weighted by atomic mass is 9.94. The van der Waals surface area contributed by atoms with Crippen molar-refractivity contribution in [1.29, 1.82) is 0 Å². The van der Waals surface area contributed by atoms with Crippen molar-refractivity contribution in [2.45, 2.75) is 19.8 Å². The van der Waals surface area contributed by atoms with Gasteiger partial charge in [0.1, 0.15) is 11.5 Å². The number of ether oxygens (including phenoxy) is 5. The molecule has 0 aliphatic rings. The fourth-order valence-electron chi connectivity index (χ4n) is 3.37. The Kier molecular flexibility index (Phi) is 8.24. The molecule has 0 bridgehead atoms. The van der Waals surface area contributed by atoms with Gasteiger partial charge in [0.15, 0.2) is 19.3 Å². The van der Waals surface area contributed by atoms with Crippen LogP contribution in [-0.2, 0) is 31.8 Å². The molecule has 1 heterocycles. The fraction of sp³-hybridized carbons (Fsp3) is 0.333. The SMILES string of the molecule is CCc1c(OCOC)cc(OCOC)c(-c2ncc(-c3ccccc3)o2)c1CC(=O)OC. The molecular formula is C24H27NO7. The number of rotatable bonds is 11. The summed E-state index contributed by atoms with van der Waals surface area (Å²) >= 11 is 0. The zero-order valence-corrected chi connectivity index (χ0v) is 18.7. The number of nitrogens with zero attached hydrogens (tertiary/aromatic N) is 1. The number of esters is 1. The van der Waals surface area contributed by atoms with E-state index in [-0.39, 0.29) is 20.0 Å². The van der Waals surface area contributed by atoms with E-state index in [0.29, 0.717) is 40.7 Å². The van der Waals surface area contributed by atoms with E-state index < -0.39 is 5.97 Å². The van der Waals surface area contributed by atoms with Gasteiger partial charge in [0.05, 0.1) is 25.3 Å². The van der Waals surface area contributed by atoms with Crippen molar-refractivity contribution in [2.75, 3.05) is 34.9 Å². The van der Waals surface area contributed by atoms with E-state index in [1.807, 2.05) is 37.3 Å². The van der Waals surface area contributed by atoms with Gasteiger partial charge in [0.25, 0.3) is 0 Å². The summed E-state index contributed by atoms with van der Waals surface area (Å²) in [5.41, 5.74) is 2.90. The number of methoxy groups -OCH3 is 3. The van der Waals surface area contributed by atoms with Crippen LogP contribution in [0.25, 0.3) is 22.8 Å². The molecule has 0 atom stereocenters. The minimum Gasteiger partial charge on any atom is -0.469 e. The number of hydrogen-bond donors (Lipinski definition) is 0. The van der Waals surface area contributed by atoms with Crippen LogP contribution in [0.2, 0.25) is 0 Å². The zero-order valence-electron chi connectivity index (χ0n) is 18.7. The van der Waals surface area contributed by atoms with Crippen molar-refractivity contribution >= 4 is 5.97 Å². The fourth-order valence-corrected chi connectivity index (χ4v) is 3.37. The Balaban J connectivity index is 2.20. The molecule has 8 nitrogen and oxygen atoms in total. The van der Waals surface area contributed by atoms with Gasteiger partial charge in [0.2, 0.25) is 5.89 Å². The number of benzene rings is 2. The van der Waals surface area contributed by atoms with Gasteiger partial charge >= 0.3 is 5.97 Å². The average molecular weight is 441 g/mol. The third kappa shape index (κ3) is 5.27. The molecular weight excluding hydrogens is 414 g/mol. The van der Waals surface area contributed by atoms with E-state index in [4.69, 9.17) is 28.1 Å². The highest BCUT2D eigenvalue weighted by Gasteiger charge is 2.26. The summed E-state index contributed by atoms with van der Waals surface area (Å²) in [5, 5.41) is 0. The van der Waals surface area contributed by atoms with Crippen molar-refractivity contribution < 1.29 is 32.9 Å². The standard InChI is InChI=1S/C24H27NO7/c1-5-17-18(11-22(26)29-4)23(20(31-15-28-3)12-19(17)30-14-27-2)24-25-13-21(32-24)16-9-7-6-8-10-16/h6-10,12-13H,5,11,14-15H2,1-4H3. The second-order valence-electron chi connectivity index (χ2n) is 6.81. The summed E-state index contributed by atoms with van der Waals surface area (Å²) in [5.74, 6) is 1.47. The molecule has 3 aromatic rings. The maximum absolute atomic E-state index is 12.3. The lowest BCUT2D eigenvalue weighted by molar-refractivity contribution is -0.139. The molecule has 0 spiro atoms. The van der Waals surface area contributed by atoms with Crippen LogP contribution >= 0.6 is 0 Å². The molecule has 0 unspecified atom stereocenters. The highest BCUT2D eigenvalue weighted by atomic mass is 16.7. The molecule has 0 fully saturated rings. The van der Waals surface area contributed by atoms with Crippen LogP contribution < -0.4 is 9.47 Å². The first-order valence-electron chi connectivity index (χ1n) is 10.1. The normalized spacial score (nSPS) is 10.8. The molecule has 0 saturated carbocycles. The Bertz CT molecular complexity index is 1030. The number of carbonyl (C=O) groups is 1. The molecule has 0 saturated heterocycles. The Morgan fingerprint density at radius 3 is 2.28 bits per heavy atom. The summed E-state index contributed by atoms with van der Waals surface area (Å²) < 4.78 is 32.8. The van der Waals surface area contributed by atoms with Crippen LogP contribution in [0.15, 0.2) is 47.0 Å². The summed E-state index contributed by atoms with van der Waals surface area (Å²) in [7, 11) is 4.41. The van der Waals surface area contributed by atoms with E-state index in [1.165, 1.54) is 21.3 Å². The molecule has 8 heteroatoms. The van der Waals surface area contributed by atoms with Gasteiger partial charge in [-0.2, -0.15) is 0 Å². The van der Waals surface area contributed by atoms with Crippen LogP contribution in [0.5, 0.6) is 11.5 Å². The summed E-state index contributed by atoms with van der Waals surface area (Å²) in [6.07, 6.45) is 2.23. The van der Waals surface area contributed by atoms with Crippen LogP contribution in [0.4, 0.5) is 0 Å². The summed E-state index contributed by atoms with van der Waals surface area (Å²) in [6, 6.07) is 11.4. The predicted molar refractivity (Wildman–Crippen MR) is 117 cm³/mol. The monoisotopic (exact) mass is 441 g/mol. The Hall–Kier alpha value is -3.36. The third-order valence-electron chi connectivity index (χ3n) is 4.82. The number of hydrogen-bond acceptors (Lipinski definition) is 8. The Morgan fingerprint density at radius 2 is 1.66 bits per heavy atom. The van der Waals surface area contributed by atoms with Gasteiger partial charge in [-0.3, -0.25) is 4.79 Å². The molecule has 1 aromatic heterocycles. The van der Waals surface area contributed by atoms with E-state index in [0.717, 1.165) is 11.1 Å². The highest BCUT2D eigenvalue weighted by molar-refractivity contribution is 5.81. The van der Waals surface area contributed by atoms with Crippen LogP contribution in [0.3, 0.4) is 0 Å². The molecule has 0 aliphatic heterocycles. The molecule has 2 aromatic carbocycles. The second-order valence-corrected chi connectivity index (χ2v) is 6.81. The van der Waals surface area contributed by atoms with E-state index in [1.54, 1.807) is 12.3 Å². The zero-order chi connectivity index (χ0) is 22.9. The topological polar surface area (TPSA) is 89.3 Å². The van der Waals surface area contributed by atoms with Crippen LogP contribution in [-0.4, -0.2) is 45.9 Å². The van der Waals surface area contributed by atoms with Crippen LogP contribution in [0.1, 0.15) is 18.1 Å². The molecule has 0 radical (unpaired) electrons. The predicted octanol–water partition coefficient (Wildman–Crippen LogP) is 4.25. The van der Waals surface area contributed by atoms with Crippen molar-refractivity contribution in [3.63, 3.8) is 0 Å². The van der Waals surface area contributed by atoms with Gasteiger partial charge in [-0.15, -0.1) is 0 Å². The summed E-state index contributed by atoms with van der Waals surface area (Å²) in [6.45, 7) is 2.01. The van der Waals surface area contributed by atoms with Crippen molar-refractivity contribution in [1.82, 2.24) is 4.98 Å². The van der Waals surface area contributed by atoms with E-state index in [9.17, 15) is 4.79 Å². The maximum Gasteiger partial charge on any atom is 0.310 e. The maximum atomic E-state index is 12.3. The van der Waals surface area contributed by atoms with Crippen molar-refractivity contribution in [3.8, 4) is 34.3 Å². The van der Waals surface area contributed by atoms with Gasteiger partial charge < -0.3 is 28.1 Å². The minimum atomic E-state index is -0.405. The summed E-state index contributed by atoms with van der Waals surface area (Å²) in [4.78, 5) is 16.8. The third-order valence-corrected chi connectivity index (χ3v) is 4.82. The number of carbonyl (C=O) groups excluding carboxylic acids is 1. The first-order valence-corrected chi connectivity index (χ1v) is 10.1. The van der Waals surface area contributed by atoms with E-state index in [2.05, 4.69) is 4.98 Å². The lowest BCUT2D eigenvalue weighted by Crippen LogP contribution is -2.12. The minimum absolute atomic E-state index is 0.00783. The van der Waals surface area contributed by atoms with Gasteiger partial charge in [0, 0.05) is 25.8 Å². The van der Waals surface area contributed by atoms with E-state index >= 15 is 0 Å². The molecule has 0 N–H and O–H groups in total. The largest absolute Gasteiger partial charge is 0.469 e. The molecule has 0 aliphatic carbocycles. The first kappa shape index (κ1) is 23.3. The highest BCUT2D eigenvalue weighted by Crippen LogP contribution is 2.42. The van der Waals surface area contributed by atoms with Crippen molar-refractivity contribution in [3.05, 3.63) is 53.7 Å². The van der Waals surface area contributed by atoms with Gasteiger partial charge in [-0.1, -0.05) is 37.3 Å². The van der Waals surface area contributed by atoms with Crippen molar-refractivity contribution in [2.24, 2.45) is 0 Å². The van der Waals surface area contributed by atoms with Crippen LogP contribution in [0, 0.1) is 0 Å². The van der Waals surface area contributed by atoms with Gasteiger partial charge in [-0.05, 0) is 17.5 Å². The smallest absolute Gasteiger partial charge is 0.310 e. The molecule has 0 amide bonds. The molecule has 170 valence electrons. The lowest BCUT2D eigenvalue weighted by Gasteiger charge is -2.20.